The first kappa shape index (κ1) is 9.49. The number of halogens is 2. The Morgan fingerprint density at radius 3 is 2.75 bits per heavy atom. The van der Waals surface area contributed by atoms with E-state index in [9.17, 15) is 4.39 Å². The van der Waals surface area contributed by atoms with Gasteiger partial charge in [-0.25, -0.2) is 4.39 Å². The molecule has 0 radical (unpaired) electrons. The number of alkyl halides is 1. The Hall–Kier alpha value is -0.600. The molecular weight excluding hydrogens is 177 g/mol. The third kappa shape index (κ3) is 1.76. The highest BCUT2D eigenvalue weighted by atomic mass is 35.5. The lowest BCUT2D eigenvalue weighted by molar-refractivity contribution is 0.352. The standard InChI is InChI=1S/C9H11ClFN/c1-6-3-2-4-7(10)9(6)8(11)5-12/h2-4,8H,5,12H2,1H3. The minimum Gasteiger partial charge on any atom is -0.327 e. The van der Waals surface area contributed by atoms with Gasteiger partial charge in [0.1, 0.15) is 6.17 Å². The van der Waals surface area contributed by atoms with Crippen molar-refractivity contribution >= 4 is 11.6 Å². The van der Waals surface area contributed by atoms with Gasteiger partial charge in [0, 0.05) is 17.1 Å². The lowest BCUT2D eigenvalue weighted by Crippen LogP contribution is -2.09. The van der Waals surface area contributed by atoms with Crippen molar-refractivity contribution in [1.29, 1.82) is 0 Å². The van der Waals surface area contributed by atoms with Crippen LogP contribution >= 0.6 is 11.6 Å². The lowest BCUT2D eigenvalue weighted by atomic mass is 10.0. The summed E-state index contributed by atoms with van der Waals surface area (Å²) in [5.74, 6) is 0. The van der Waals surface area contributed by atoms with Crippen LogP contribution in [0.1, 0.15) is 17.3 Å². The van der Waals surface area contributed by atoms with Crippen LogP contribution in [0.5, 0.6) is 0 Å². The number of rotatable bonds is 2. The molecule has 1 atom stereocenters. The minimum absolute atomic E-state index is 0.0232. The summed E-state index contributed by atoms with van der Waals surface area (Å²) in [6.45, 7) is 1.80. The summed E-state index contributed by atoms with van der Waals surface area (Å²) in [6, 6.07) is 5.29. The Labute approximate surface area is 76.3 Å². The third-order valence-electron chi connectivity index (χ3n) is 1.79. The van der Waals surface area contributed by atoms with E-state index in [0.29, 0.717) is 10.6 Å². The minimum atomic E-state index is -1.15. The van der Waals surface area contributed by atoms with Crippen LogP contribution in [0.2, 0.25) is 5.02 Å². The van der Waals surface area contributed by atoms with Crippen molar-refractivity contribution in [2.45, 2.75) is 13.1 Å². The first-order valence-electron chi connectivity index (χ1n) is 3.76. The monoisotopic (exact) mass is 187 g/mol. The van der Waals surface area contributed by atoms with Crippen LogP contribution < -0.4 is 5.73 Å². The Bertz CT molecular complexity index is 255. The molecule has 66 valence electrons. The molecule has 0 aliphatic rings. The molecule has 0 heterocycles. The van der Waals surface area contributed by atoms with Gasteiger partial charge >= 0.3 is 0 Å². The van der Waals surface area contributed by atoms with E-state index in [1.54, 1.807) is 12.1 Å². The second-order valence-electron chi connectivity index (χ2n) is 2.67. The fraction of sp³-hybridized carbons (Fsp3) is 0.333. The predicted molar refractivity (Wildman–Crippen MR) is 49.1 cm³/mol. The summed E-state index contributed by atoms with van der Waals surface area (Å²) in [7, 11) is 0. The van der Waals surface area contributed by atoms with Crippen molar-refractivity contribution in [3.8, 4) is 0 Å². The molecule has 0 spiro atoms. The van der Waals surface area contributed by atoms with Crippen molar-refractivity contribution in [1.82, 2.24) is 0 Å². The van der Waals surface area contributed by atoms with Crippen molar-refractivity contribution in [3.05, 3.63) is 34.3 Å². The van der Waals surface area contributed by atoms with Gasteiger partial charge in [0.2, 0.25) is 0 Å². The van der Waals surface area contributed by atoms with Crippen LogP contribution in [0.25, 0.3) is 0 Å². The van der Waals surface area contributed by atoms with Gasteiger partial charge < -0.3 is 5.73 Å². The SMILES string of the molecule is Cc1cccc(Cl)c1C(F)CN. The molecule has 3 heteroatoms. The first-order valence-corrected chi connectivity index (χ1v) is 4.13. The van der Waals surface area contributed by atoms with E-state index in [1.807, 2.05) is 13.0 Å². The van der Waals surface area contributed by atoms with E-state index >= 15 is 0 Å². The van der Waals surface area contributed by atoms with E-state index in [-0.39, 0.29) is 6.54 Å². The van der Waals surface area contributed by atoms with Gasteiger partial charge in [0.25, 0.3) is 0 Å². The van der Waals surface area contributed by atoms with E-state index < -0.39 is 6.17 Å². The molecule has 0 amide bonds. The summed E-state index contributed by atoms with van der Waals surface area (Å²) in [5.41, 5.74) is 6.57. The van der Waals surface area contributed by atoms with Crippen LogP contribution in [0.15, 0.2) is 18.2 Å². The maximum absolute atomic E-state index is 13.2. The van der Waals surface area contributed by atoms with Crippen molar-refractivity contribution < 1.29 is 4.39 Å². The largest absolute Gasteiger partial charge is 0.327 e. The fourth-order valence-corrected chi connectivity index (χ4v) is 1.50. The Kier molecular flexibility index (Phi) is 3.06. The maximum Gasteiger partial charge on any atom is 0.139 e. The molecule has 1 unspecified atom stereocenters. The average molecular weight is 188 g/mol. The van der Waals surface area contributed by atoms with Gasteiger partial charge in [0.15, 0.2) is 0 Å². The van der Waals surface area contributed by atoms with E-state index in [1.165, 1.54) is 0 Å². The van der Waals surface area contributed by atoms with Crippen LogP contribution in [0.3, 0.4) is 0 Å². The van der Waals surface area contributed by atoms with Gasteiger partial charge in [0.05, 0.1) is 0 Å². The summed E-state index contributed by atoms with van der Waals surface area (Å²) in [5, 5.41) is 0.452. The molecule has 1 rings (SSSR count). The molecule has 1 aromatic rings. The molecule has 0 aliphatic carbocycles. The molecule has 0 saturated carbocycles. The molecular formula is C9H11ClFN. The van der Waals surface area contributed by atoms with Gasteiger partial charge in [-0.2, -0.15) is 0 Å². The first-order chi connectivity index (χ1) is 5.66. The summed E-state index contributed by atoms with van der Waals surface area (Å²) >= 11 is 5.81. The third-order valence-corrected chi connectivity index (χ3v) is 2.12. The van der Waals surface area contributed by atoms with Crippen LogP contribution in [-0.2, 0) is 0 Å². The summed E-state index contributed by atoms with van der Waals surface area (Å²) in [6.07, 6.45) is -1.15. The lowest BCUT2D eigenvalue weighted by Gasteiger charge is -2.10. The zero-order valence-electron chi connectivity index (χ0n) is 6.85. The van der Waals surface area contributed by atoms with Gasteiger partial charge in [-0.3, -0.25) is 0 Å². The molecule has 1 aromatic carbocycles. The second-order valence-corrected chi connectivity index (χ2v) is 3.08. The van der Waals surface area contributed by atoms with Crippen molar-refractivity contribution in [3.63, 3.8) is 0 Å². The van der Waals surface area contributed by atoms with Crippen molar-refractivity contribution in [2.24, 2.45) is 5.73 Å². The smallest absolute Gasteiger partial charge is 0.139 e. The molecule has 1 nitrogen and oxygen atoms in total. The zero-order chi connectivity index (χ0) is 9.14. The highest BCUT2D eigenvalue weighted by molar-refractivity contribution is 6.31. The maximum atomic E-state index is 13.2. The number of aryl methyl sites for hydroxylation is 1. The highest BCUT2D eigenvalue weighted by Crippen LogP contribution is 2.27. The van der Waals surface area contributed by atoms with E-state index in [2.05, 4.69) is 0 Å². The summed E-state index contributed by atoms with van der Waals surface area (Å²) in [4.78, 5) is 0. The fourth-order valence-electron chi connectivity index (χ4n) is 1.16. The Balaban J connectivity index is 3.12. The molecule has 0 saturated heterocycles. The normalized spacial score (nSPS) is 13.0. The van der Waals surface area contributed by atoms with Crippen LogP contribution in [0, 0.1) is 6.92 Å². The number of hydrogen-bond donors (Lipinski definition) is 1. The van der Waals surface area contributed by atoms with Crippen LogP contribution in [0.4, 0.5) is 4.39 Å². The molecule has 12 heavy (non-hydrogen) atoms. The zero-order valence-corrected chi connectivity index (χ0v) is 7.61. The number of benzene rings is 1. The summed E-state index contributed by atoms with van der Waals surface area (Å²) < 4.78 is 13.2. The second kappa shape index (κ2) is 3.87. The van der Waals surface area contributed by atoms with Gasteiger partial charge in [-0.1, -0.05) is 23.7 Å². The number of hydrogen-bond acceptors (Lipinski definition) is 1. The quantitative estimate of drug-likeness (QED) is 0.757. The molecule has 0 bridgehead atoms. The van der Waals surface area contributed by atoms with Gasteiger partial charge in [-0.15, -0.1) is 0 Å². The Morgan fingerprint density at radius 2 is 2.25 bits per heavy atom. The Morgan fingerprint density at radius 1 is 1.58 bits per heavy atom. The molecule has 0 aromatic heterocycles. The van der Waals surface area contributed by atoms with Crippen molar-refractivity contribution in [2.75, 3.05) is 6.54 Å². The molecule has 2 N–H and O–H groups in total. The average Bonchev–Trinajstić information content (AvgIpc) is 2.03. The van der Waals surface area contributed by atoms with E-state index in [4.69, 9.17) is 17.3 Å². The molecule has 0 fully saturated rings. The number of nitrogens with two attached hydrogens (primary N) is 1. The molecule has 0 aliphatic heterocycles. The highest BCUT2D eigenvalue weighted by Gasteiger charge is 2.13. The topological polar surface area (TPSA) is 26.0 Å². The van der Waals surface area contributed by atoms with E-state index in [0.717, 1.165) is 5.56 Å². The van der Waals surface area contributed by atoms with Crippen LogP contribution in [-0.4, -0.2) is 6.54 Å². The predicted octanol–water partition coefficient (Wildman–Crippen LogP) is 2.62. The van der Waals surface area contributed by atoms with Gasteiger partial charge in [-0.05, 0) is 18.6 Å².